The summed E-state index contributed by atoms with van der Waals surface area (Å²) in [5, 5.41) is 9.27. The van der Waals surface area contributed by atoms with E-state index in [-0.39, 0.29) is 0 Å². The van der Waals surface area contributed by atoms with Gasteiger partial charge in [0.05, 0.1) is 5.56 Å². The molecule has 0 bridgehead atoms. The van der Waals surface area contributed by atoms with Gasteiger partial charge in [0.15, 0.2) is 0 Å². The first kappa shape index (κ1) is 13.7. The Bertz CT molecular complexity index is 484. The largest absolute Gasteiger partial charge is 0.480 e. The molecule has 104 valence electrons. The molecule has 1 aromatic carbocycles. The highest BCUT2D eigenvalue weighted by molar-refractivity contribution is 5.84. The van der Waals surface area contributed by atoms with Crippen molar-refractivity contribution in [2.75, 3.05) is 11.4 Å². The van der Waals surface area contributed by atoms with Gasteiger partial charge in [-0.25, -0.2) is 4.79 Å². The van der Waals surface area contributed by atoms with Crippen LogP contribution in [0.5, 0.6) is 0 Å². The zero-order valence-corrected chi connectivity index (χ0v) is 10.4. The van der Waals surface area contributed by atoms with Gasteiger partial charge in [-0.3, -0.25) is 0 Å². The molecule has 0 aliphatic carbocycles. The number of carboxylic acids is 1. The third-order valence-corrected chi connectivity index (χ3v) is 3.61. The highest BCUT2D eigenvalue weighted by atomic mass is 19.4. The number of anilines is 1. The van der Waals surface area contributed by atoms with E-state index in [1.165, 1.54) is 12.1 Å². The highest BCUT2D eigenvalue weighted by Crippen LogP contribution is 2.36. The molecular formula is C13H14F3NO2. The molecule has 1 fully saturated rings. The average Bonchev–Trinajstić information content (AvgIpc) is 2.72. The SMILES string of the molecule is CC1(C(=O)O)CCCN1c1ccc(C(F)(F)F)cc1. The summed E-state index contributed by atoms with van der Waals surface area (Å²) in [6, 6.07) is 4.62. The standard InChI is InChI=1S/C13H14F3NO2/c1-12(11(18)19)7-2-8-17(12)10-5-3-9(4-6-10)13(14,15)16/h3-6H,2,7-8H2,1H3,(H,18,19). The number of alkyl halides is 3. The predicted octanol–water partition coefficient (Wildman–Crippen LogP) is 3.15. The summed E-state index contributed by atoms with van der Waals surface area (Å²) in [6.07, 6.45) is -3.17. The van der Waals surface area contributed by atoms with Crippen LogP contribution in [0.2, 0.25) is 0 Å². The molecule has 1 saturated heterocycles. The van der Waals surface area contributed by atoms with Crippen LogP contribution in [-0.4, -0.2) is 23.2 Å². The van der Waals surface area contributed by atoms with E-state index in [0.29, 0.717) is 25.1 Å². The lowest BCUT2D eigenvalue weighted by Gasteiger charge is -2.33. The van der Waals surface area contributed by atoms with E-state index in [4.69, 9.17) is 0 Å². The van der Waals surface area contributed by atoms with Crippen LogP contribution in [0.3, 0.4) is 0 Å². The molecule has 1 N–H and O–H groups in total. The number of nitrogens with zero attached hydrogens (tertiary/aromatic N) is 1. The lowest BCUT2D eigenvalue weighted by Crippen LogP contribution is -2.48. The van der Waals surface area contributed by atoms with Crippen LogP contribution in [0.15, 0.2) is 24.3 Å². The molecule has 0 saturated carbocycles. The first-order chi connectivity index (χ1) is 8.75. The van der Waals surface area contributed by atoms with E-state index in [1.807, 2.05) is 0 Å². The molecule has 1 unspecified atom stereocenters. The smallest absolute Gasteiger partial charge is 0.416 e. The summed E-state index contributed by atoms with van der Waals surface area (Å²) in [6.45, 7) is 2.13. The van der Waals surface area contributed by atoms with Crippen molar-refractivity contribution in [1.29, 1.82) is 0 Å². The lowest BCUT2D eigenvalue weighted by molar-refractivity contribution is -0.142. The fourth-order valence-electron chi connectivity index (χ4n) is 2.43. The number of hydrogen-bond donors (Lipinski definition) is 1. The van der Waals surface area contributed by atoms with Crippen LogP contribution in [0, 0.1) is 0 Å². The van der Waals surface area contributed by atoms with Crippen molar-refractivity contribution in [1.82, 2.24) is 0 Å². The van der Waals surface area contributed by atoms with E-state index < -0.39 is 23.2 Å². The van der Waals surface area contributed by atoms with E-state index in [1.54, 1.807) is 11.8 Å². The Morgan fingerprint density at radius 3 is 2.37 bits per heavy atom. The van der Waals surface area contributed by atoms with Gasteiger partial charge in [-0.05, 0) is 44.0 Å². The third kappa shape index (κ3) is 2.39. The zero-order valence-electron chi connectivity index (χ0n) is 10.4. The second kappa shape index (κ2) is 4.43. The van der Waals surface area contributed by atoms with Crippen LogP contribution < -0.4 is 4.90 Å². The average molecular weight is 273 g/mol. The Kier molecular flexibility index (Phi) is 3.20. The molecule has 0 amide bonds. The first-order valence-electron chi connectivity index (χ1n) is 5.93. The van der Waals surface area contributed by atoms with Gasteiger partial charge in [-0.15, -0.1) is 0 Å². The predicted molar refractivity (Wildman–Crippen MR) is 64.1 cm³/mol. The quantitative estimate of drug-likeness (QED) is 0.899. The molecule has 1 aliphatic rings. The van der Waals surface area contributed by atoms with Crippen LogP contribution >= 0.6 is 0 Å². The molecule has 2 rings (SSSR count). The van der Waals surface area contributed by atoms with Crippen LogP contribution in [0.25, 0.3) is 0 Å². The van der Waals surface area contributed by atoms with E-state index >= 15 is 0 Å². The minimum absolute atomic E-state index is 0.489. The van der Waals surface area contributed by atoms with Gasteiger partial charge >= 0.3 is 12.1 Å². The van der Waals surface area contributed by atoms with Crippen molar-refractivity contribution in [2.45, 2.75) is 31.5 Å². The Morgan fingerprint density at radius 1 is 1.32 bits per heavy atom. The van der Waals surface area contributed by atoms with E-state index in [9.17, 15) is 23.1 Å². The molecule has 0 radical (unpaired) electrons. The number of hydrogen-bond acceptors (Lipinski definition) is 2. The minimum Gasteiger partial charge on any atom is -0.480 e. The monoisotopic (exact) mass is 273 g/mol. The molecular weight excluding hydrogens is 259 g/mol. The third-order valence-electron chi connectivity index (χ3n) is 3.61. The summed E-state index contributed by atoms with van der Waals surface area (Å²) >= 11 is 0. The number of aliphatic carboxylic acids is 1. The molecule has 1 aliphatic heterocycles. The van der Waals surface area contributed by atoms with Crippen molar-refractivity contribution in [2.24, 2.45) is 0 Å². The summed E-state index contributed by atoms with van der Waals surface area (Å²) in [5.74, 6) is -0.954. The second-order valence-corrected chi connectivity index (χ2v) is 4.88. The Labute approximate surface area is 108 Å². The second-order valence-electron chi connectivity index (χ2n) is 4.88. The molecule has 3 nitrogen and oxygen atoms in total. The number of rotatable bonds is 2. The molecule has 0 aromatic heterocycles. The summed E-state index contributed by atoms with van der Waals surface area (Å²) in [5.41, 5.74) is -1.26. The van der Waals surface area contributed by atoms with Gasteiger partial charge in [-0.2, -0.15) is 13.2 Å². The maximum Gasteiger partial charge on any atom is 0.416 e. The normalized spacial score (nSPS) is 23.7. The summed E-state index contributed by atoms with van der Waals surface area (Å²) < 4.78 is 37.4. The molecule has 1 atom stereocenters. The Balaban J connectivity index is 2.30. The van der Waals surface area contributed by atoms with Crippen molar-refractivity contribution in [3.05, 3.63) is 29.8 Å². The van der Waals surface area contributed by atoms with Gasteiger partial charge in [-0.1, -0.05) is 0 Å². The topological polar surface area (TPSA) is 40.5 Å². The summed E-state index contributed by atoms with van der Waals surface area (Å²) in [4.78, 5) is 13.0. The van der Waals surface area contributed by atoms with Gasteiger partial charge in [0.25, 0.3) is 0 Å². The fourth-order valence-corrected chi connectivity index (χ4v) is 2.43. The minimum atomic E-state index is -4.38. The first-order valence-corrected chi connectivity index (χ1v) is 5.93. The fraction of sp³-hybridized carbons (Fsp3) is 0.462. The molecule has 19 heavy (non-hydrogen) atoms. The lowest BCUT2D eigenvalue weighted by atomic mass is 9.98. The number of carboxylic acid groups (broad SMARTS) is 1. The maximum absolute atomic E-state index is 12.5. The number of benzene rings is 1. The van der Waals surface area contributed by atoms with Crippen molar-refractivity contribution in [3.8, 4) is 0 Å². The molecule has 1 heterocycles. The van der Waals surface area contributed by atoms with Crippen LogP contribution in [0.1, 0.15) is 25.3 Å². The van der Waals surface area contributed by atoms with Crippen molar-refractivity contribution in [3.63, 3.8) is 0 Å². The number of carbonyl (C=O) groups is 1. The molecule has 6 heteroatoms. The van der Waals surface area contributed by atoms with Gasteiger partial charge in [0, 0.05) is 12.2 Å². The Hall–Kier alpha value is -1.72. The van der Waals surface area contributed by atoms with Crippen molar-refractivity contribution >= 4 is 11.7 Å². The van der Waals surface area contributed by atoms with Gasteiger partial charge in [0.1, 0.15) is 5.54 Å². The van der Waals surface area contributed by atoms with Gasteiger partial charge in [0.2, 0.25) is 0 Å². The molecule has 1 aromatic rings. The van der Waals surface area contributed by atoms with E-state index in [0.717, 1.165) is 12.1 Å². The van der Waals surface area contributed by atoms with E-state index in [2.05, 4.69) is 0 Å². The zero-order chi connectivity index (χ0) is 14.3. The Morgan fingerprint density at radius 2 is 1.89 bits per heavy atom. The van der Waals surface area contributed by atoms with Gasteiger partial charge < -0.3 is 10.0 Å². The highest BCUT2D eigenvalue weighted by Gasteiger charge is 2.43. The van der Waals surface area contributed by atoms with Crippen LogP contribution in [-0.2, 0) is 11.0 Å². The van der Waals surface area contributed by atoms with Crippen LogP contribution in [0.4, 0.5) is 18.9 Å². The summed E-state index contributed by atoms with van der Waals surface area (Å²) in [7, 11) is 0. The van der Waals surface area contributed by atoms with Crippen molar-refractivity contribution < 1.29 is 23.1 Å². The maximum atomic E-state index is 12.5. The molecule has 0 spiro atoms. The number of halogens is 3.